The lowest BCUT2D eigenvalue weighted by Crippen LogP contribution is -2.48. The molecule has 4 fully saturated rings. The molecule has 5 nitrogen and oxygen atoms in total. The van der Waals surface area contributed by atoms with Crippen molar-refractivity contribution in [3.05, 3.63) is 95.9 Å². The second kappa shape index (κ2) is 9.20. The maximum Gasteiger partial charge on any atom is 0.227 e. The molecule has 0 spiro atoms. The molecule has 0 saturated heterocycles. The number of hydrogen-bond donors (Lipinski definition) is 0. The first kappa shape index (κ1) is 24.5. The molecule has 0 N–H and O–H groups in total. The minimum atomic E-state index is 0.144. The molecule has 4 bridgehead atoms. The summed E-state index contributed by atoms with van der Waals surface area (Å²) in [6, 6.07) is 27.7. The van der Waals surface area contributed by atoms with Gasteiger partial charge >= 0.3 is 0 Å². The van der Waals surface area contributed by atoms with Crippen LogP contribution in [0, 0.1) is 17.8 Å². The van der Waals surface area contributed by atoms with Crippen molar-refractivity contribution in [2.24, 2.45) is 17.8 Å². The molecule has 0 amide bonds. The number of pyridine rings is 1. The predicted molar refractivity (Wildman–Crippen MR) is 166 cm³/mol. The van der Waals surface area contributed by atoms with Gasteiger partial charge in [-0.15, -0.1) is 0 Å². The van der Waals surface area contributed by atoms with Gasteiger partial charge in [-0.2, -0.15) is 9.97 Å². The van der Waals surface area contributed by atoms with Crippen LogP contribution in [0.4, 0.5) is 0 Å². The summed E-state index contributed by atoms with van der Waals surface area (Å²) in [5.74, 6) is 3.86. The number of halogens is 1. The summed E-state index contributed by atoms with van der Waals surface area (Å²) in [6.45, 7) is 0. The molecule has 0 aliphatic heterocycles. The first-order chi connectivity index (χ1) is 20.6. The van der Waals surface area contributed by atoms with E-state index in [9.17, 15) is 0 Å². The van der Waals surface area contributed by atoms with Crippen LogP contribution < -0.4 is 0 Å². The monoisotopic (exact) mass is 568 g/mol. The van der Waals surface area contributed by atoms with Crippen LogP contribution in [-0.2, 0) is 5.41 Å². The van der Waals surface area contributed by atoms with Crippen LogP contribution in [0.2, 0.25) is 5.28 Å². The molecule has 3 aromatic carbocycles. The van der Waals surface area contributed by atoms with E-state index in [-0.39, 0.29) is 5.28 Å². The zero-order valence-electron chi connectivity index (χ0n) is 23.1. The molecule has 3 aromatic heterocycles. The van der Waals surface area contributed by atoms with Crippen molar-refractivity contribution in [3.8, 4) is 33.9 Å². The number of furan rings is 1. The standard InChI is InChI=1S/C36H29ClN4O/c37-35-40-32(39-33(41-35)30-4-1-3-28-29-5-2-14-38-34(29)42-31(28)30)26-8-6-24(7-9-26)25-10-12-27(13-11-25)36-18-21-15-22(19-36)17-23(16-21)20-36/h1-14,21-23H,15-20H2. The number of rotatable bonds is 4. The predicted octanol–water partition coefficient (Wildman–Crippen LogP) is 9.29. The topological polar surface area (TPSA) is 64.7 Å². The summed E-state index contributed by atoms with van der Waals surface area (Å²) < 4.78 is 6.11. The lowest BCUT2D eigenvalue weighted by atomic mass is 9.48. The molecule has 6 aromatic rings. The van der Waals surface area contributed by atoms with E-state index in [1.807, 2.05) is 30.3 Å². The van der Waals surface area contributed by atoms with E-state index in [0.717, 1.165) is 39.7 Å². The Bertz CT molecular complexity index is 1940. The summed E-state index contributed by atoms with van der Waals surface area (Å²) in [7, 11) is 0. The average molecular weight is 569 g/mol. The molecule has 4 saturated carbocycles. The first-order valence-electron chi connectivity index (χ1n) is 15.0. The number of hydrogen-bond acceptors (Lipinski definition) is 5. The van der Waals surface area contributed by atoms with E-state index in [2.05, 4.69) is 63.5 Å². The van der Waals surface area contributed by atoms with E-state index in [1.54, 1.807) is 11.8 Å². The molecule has 6 heteroatoms. The Morgan fingerprint density at radius 3 is 1.98 bits per heavy atom. The first-order valence-corrected chi connectivity index (χ1v) is 15.4. The second-order valence-corrected chi connectivity index (χ2v) is 13.1. The number of benzene rings is 3. The molecule has 206 valence electrons. The fourth-order valence-electron chi connectivity index (χ4n) is 8.70. The fraction of sp³-hybridized carbons (Fsp3) is 0.278. The minimum Gasteiger partial charge on any atom is -0.437 e. The van der Waals surface area contributed by atoms with E-state index in [1.165, 1.54) is 49.7 Å². The number of aromatic nitrogens is 4. The summed E-state index contributed by atoms with van der Waals surface area (Å²) in [5, 5.41) is 2.06. The minimum absolute atomic E-state index is 0.144. The van der Waals surface area contributed by atoms with Crippen LogP contribution in [0.3, 0.4) is 0 Å². The highest BCUT2D eigenvalue weighted by atomic mass is 35.5. The van der Waals surface area contributed by atoms with Gasteiger partial charge in [-0.25, -0.2) is 9.97 Å². The normalized spacial score (nSPS) is 24.5. The fourth-order valence-corrected chi connectivity index (χ4v) is 8.86. The third-order valence-electron chi connectivity index (χ3n) is 10.1. The molecule has 4 aliphatic carbocycles. The molecule has 3 heterocycles. The number of para-hydroxylation sites is 1. The van der Waals surface area contributed by atoms with Gasteiger partial charge in [0.2, 0.25) is 11.0 Å². The molecular weight excluding hydrogens is 540 g/mol. The van der Waals surface area contributed by atoms with Gasteiger partial charge in [0, 0.05) is 22.5 Å². The van der Waals surface area contributed by atoms with Crippen LogP contribution in [0.15, 0.2) is 89.5 Å². The number of nitrogens with zero attached hydrogens (tertiary/aromatic N) is 4. The Morgan fingerprint density at radius 2 is 1.26 bits per heavy atom. The average Bonchev–Trinajstić information content (AvgIpc) is 3.39. The SMILES string of the molecule is Clc1nc(-c2ccc(-c3ccc(C45CC6CC(CC(C6)C4)C5)cc3)cc2)nc(-c2cccc3c2oc2ncccc23)n1. The van der Waals surface area contributed by atoms with E-state index < -0.39 is 0 Å². The van der Waals surface area contributed by atoms with Crippen LogP contribution in [0.1, 0.15) is 44.1 Å². The third kappa shape index (κ3) is 3.90. The molecule has 42 heavy (non-hydrogen) atoms. The highest BCUT2D eigenvalue weighted by molar-refractivity contribution is 6.28. The molecular formula is C36H29ClN4O. The van der Waals surface area contributed by atoms with Crippen LogP contribution in [-0.4, -0.2) is 19.9 Å². The Balaban J connectivity index is 1.02. The van der Waals surface area contributed by atoms with Gasteiger partial charge in [-0.1, -0.05) is 60.7 Å². The quantitative estimate of drug-likeness (QED) is 0.212. The van der Waals surface area contributed by atoms with Gasteiger partial charge in [0.05, 0.1) is 5.56 Å². The molecule has 10 rings (SSSR count). The van der Waals surface area contributed by atoms with Gasteiger partial charge in [-0.05, 0) is 108 Å². The van der Waals surface area contributed by atoms with Crippen molar-refractivity contribution in [3.63, 3.8) is 0 Å². The Labute approximate surface area is 249 Å². The van der Waals surface area contributed by atoms with Crippen molar-refractivity contribution in [1.82, 2.24) is 19.9 Å². The lowest BCUT2D eigenvalue weighted by molar-refractivity contribution is -0.00518. The van der Waals surface area contributed by atoms with Gasteiger partial charge in [0.1, 0.15) is 5.58 Å². The van der Waals surface area contributed by atoms with E-state index >= 15 is 0 Å². The van der Waals surface area contributed by atoms with Gasteiger partial charge in [0.15, 0.2) is 11.6 Å². The maximum atomic E-state index is 6.43. The Kier molecular flexibility index (Phi) is 5.37. The Morgan fingerprint density at radius 1 is 0.643 bits per heavy atom. The van der Waals surface area contributed by atoms with Crippen molar-refractivity contribution < 1.29 is 4.42 Å². The summed E-state index contributed by atoms with van der Waals surface area (Å²) in [5.41, 5.74) is 7.30. The lowest BCUT2D eigenvalue weighted by Gasteiger charge is -2.57. The van der Waals surface area contributed by atoms with Crippen LogP contribution in [0.5, 0.6) is 0 Å². The molecule has 4 aliphatic rings. The van der Waals surface area contributed by atoms with Gasteiger partial charge < -0.3 is 4.42 Å². The molecule has 0 atom stereocenters. The Hall–Kier alpha value is -4.09. The van der Waals surface area contributed by atoms with Crippen molar-refractivity contribution in [2.75, 3.05) is 0 Å². The highest BCUT2D eigenvalue weighted by Gasteiger charge is 2.51. The zero-order chi connectivity index (χ0) is 27.8. The van der Waals surface area contributed by atoms with Crippen molar-refractivity contribution in [1.29, 1.82) is 0 Å². The van der Waals surface area contributed by atoms with E-state index in [4.69, 9.17) is 21.0 Å². The summed E-state index contributed by atoms with van der Waals surface area (Å²) in [6.07, 6.45) is 10.3. The number of fused-ring (bicyclic) bond motifs is 3. The van der Waals surface area contributed by atoms with Crippen molar-refractivity contribution in [2.45, 2.75) is 43.9 Å². The van der Waals surface area contributed by atoms with Crippen LogP contribution >= 0.6 is 11.6 Å². The molecule has 0 radical (unpaired) electrons. The molecule has 0 unspecified atom stereocenters. The third-order valence-corrected chi connectivity index (χ3v) is 10.3. The summed E-state index contributed by atoms with van der Waals surface area (Å²) >= 11 is 6.43. The second-order valence-electron chi connectivity index (χ2n) is 12.7. The van der Waals surface area contributed by atoms with Gasteiger partial charge in [0.25, 0.3) is 0 Å². The highest BCUT2D eigenvalue weighted by Crippen LogP contribution is 2.60. The smallest absolute Gasteiger partial charge is 0.227 e. The zero-order valence-corrected chi connectivity index (χ0v) is 23.9. The summed E-state index contributed by atoms with van der Waals surface area (Å²) in [4.78, 5) is 18.1. The largest absolute Gasteiger partial charge is 0.437 e. The van der Waals surface area contributed by atoms with Crippen molar-refractivity contribution >= 4 is 33.7 Å². The van der Waals surface area contributed by atoms with Gasteiger partial charge in [-0.3, -0.25) is 0 Å². The van der Waals surface area contributed by atoms with Crippen LogP contribution in [0.25, 0.3) is 56.0 Å². The maximum absolute atomic E-state index is 6.43. The van der Waals surface area contributed by atoms with E-state index in [0.29, 0.717) is 28.4 Å².